The van der Waals surface area contributed by atoms with E-state index in [1.807, 2.05) is 19.1 Å². The zero-order valence-electron chi connectivity index (χ0n) is 11.1. The quantitative estimate of drug-likeness (QED) is 0.598. The monoisotopic (exact) mass is 293 g/mol. The maximum absolute atomic E-state index is 11.8. The fourth-order valence-electron chi connectivity index (χ4n) is 1.55. The van der Waals surface area contributed by atoms with Crippen molar-refractivity contribution in [1.82, 2.24) is 0 Å². The highest BCUT2D eigenvalue weighted by Crippen LogP contribution is 2.31. The molecule has 0 aliphatic carbocycles. The molecule has 2 aromatic carbocycles. The highest BCUT2D eigenvalue weighted by atomic mass is 32.2. The number of benzene rings is 2. The SMILES string of the molecule is Cc1ccc(OS(=O)Nc2cc(O)c(C)cc2O)cc1. The van der Waals surface area contributed by atoms with Gasteiger partial charge in [-0.25, -0.2) is 0 Å². The van der Waals surface area contributed by atoms with Crippen molar-refractivity contribution in [3.8, 4) is 17.2 Å². The van der Waals surface area contributed by atoms with Crippen LogP contribution in [0, 0.1) is 13.8 Å². The first-order valence-electron chi connectivity index (χ1n) is 5.91. The summed E-state index contributed by atoms with van der Waals surface area (Å²) >= 11 is -1.87. The summed E-state index contributed by atoms with van der Waals surface area (Å²) in [5.74, 6) is 0.330. The predicted molar refractivity (Wildman–Crippen MR) is 78.1 cm³/mol. The van der Waals surface area contributed by atoms with Crippen LogP contribution < -0.4 is 8.91 Å². The first-order valence-corrected chi connectivity index (χ1v) is 6.99. The van der Waals surface area contributed by atoms with Crippen LogP contribution in [0.15, 0.2) is 36.4 Å². The van der Waals surface area contributed by atoms with Crippen LogP contribution in [-0.2, 0) is 11.3 Å². The molecule has 1 unspecified atom stereocenters. The van der Waals surface area contributed by atoms with E-state index in [9.17, 15) is 14.4 Å². The maximum Gasteiger partial charge on any atom is 0.316 e. The molecule has 2 aromatic rings. The molecule has 0 aromatic heterocycles. The number of anilines is 1. The van der Waals surface area contributed by atoms with Gasteiger partial charge in [0, 0.05) is 6.07 Å². The van der Waals surface area contributed by atoms with Gasteiger partial charge in [0.15, 0.2) is 0 Å². The standard InChI is InChI=1S/C14H15NO4S/c1-9-3-5-11(6-4-9)19-20(18)15-12-8-13(16)10(2)7-14(12)17/h3-8,15-17H,1-2H3. The van der Waals surface area contributed by atoms with E-state index in [2.05, 4.69) is 4.72 Å². The van der Waals surface area contributed by atoms with E-state index in [4.69, 9.17) is 4.18 Å². The molecule has 0 bridgehead atoms. The Morgan fingerprint density at radius 2 is 1.70 bits per heavy atom. The Bertz CT molecular complexity index is 640. The Kier molecular flexibility index (Phi) is 4.14. The van der Waals surface area contributed by atoms with E-state index in [1.54, 1.807) is 19.1 Å². The third-order valence-electron chi connectivity index (χ3n) is 2.70. The lowest BCUT2D eigenvalue weighted by Gasteiger charge is -2.10. The zero-order chi connectivity index (χ0) is 14.7. The van der Waals surface area contributed by atoms with Crippen molar-refractivity contribution in [2.45, 2.75) is 13.8 Å². The third kappa shape index (κ3) is 3.42. The van der Waals surface area contributed by atoms with Gasteiger partial charge in [-0.05, 0) is 37.6 Å². The van der Waals surface area contributed by atoms with Crippen molar-refractivity contribution in [1.29, 1.82) is 0 Å². The predicted octanol–water partition coefficient (Wildman–Crippen LogP) is 2.78. The van der Waals surface area contributed by atoms with E-state index in [1.165, 1.54) is 12.1 Å². The number of hydrogen-bond acceptors (Lipinski definition) is 4. The Labute approximate surface area is 119 Å². The van der Waals surface area contributed by atoms with Crippen LogP contribution in [0.2, 0.25) is 0 Å². The number of aromatic hydroxyl groups is 2. The minimum Gasteiger partial charge on any atom is -0.508 e. The Balaban J connectivity index is 2.08. The van der Waals surface area contributed by atoms with Crippen molar-refractivity contribution >= 4 is 17.0 Å². The highest BCUT2D eigenvalue weighted by molar-refractivity contribution is 7.82. The summed E-state index contributed by atoms with van der Waals surface area (Å²) in [5, 5.41) is 19.3. The van der Waals surface area contributed by atoms with Gasteiger partial charge in [0.05, 0.1) is 5.69 Å². The van der Waals surface area contributed by atoms with Crippen LogP contribution in [0.1, 0.15) is 11.1 Å². The molecule has 0 heterocycles. The Hall–Kier alpha value is -2.21. The molecule has 3 N–H and O–H groups in total. The summed E-state index contributed by atoms with van der Waals surface area (Å²) in [6.07, 6.45) is 0. The summed E-state index contributed by atoms with van der Waals surface area (Å²) in [6, 6.07) is 9.73. The fourth-order valence-corrected chi connectivity index (χ4v) is 2.23. The summed E-state index contributed by atoms with van der Waals surface area (Å²) < 4.78 is 19.4. The van der Waals surface area contributed by atoms with E-state index in [-0.39, 0.29) is 17.2 Å². The van der Waals surface area contributed by atoms with Gasteiger partial charge in [-0.2, -0.15) is 4.21 Å². The number of nitrogens with one attached hydrogen (secondary N) is 1. The van der Waals surface area contributed by atoms with Crippen molar-refractivity contribution in [2.24, 2.45) is 0 Å². The van der Waals surface area contributed by atoms with Crippen molar-refractivity contribution in [3.63, 3.8) is 0 Å². The van der Waals surface area contributed by atoms with E-state index in [0.717, 1.165) is 5.56 Å². The lowest BCUT2D eigenvalue weighted by molar-refractivity contribution is 0.458. The smallest absolute Gasteiger partial charge is 0.316 e. The molecule has 2 rings (SSSR count). The second-order valence-electron chi connectivity index (χ2n) is 4.39. The van der Waals surface area contributed by atoms with Crippen LogP contribution in [0.5, 0.6) is 17.2 Å². The third-order valence-corrected chi connectivity index (χ3v) is 3.43. The first kappa shape index (κ1) is 14.2. The molecule has 5 nitrogen and oxygen atoms in total. The molecular formula is C14H15NO4S. The second-order valence-corrected chi connectivity index (χ2v) is 5.23. The van der Waals surface area contributed by atoms with Crippen LogP contribution in [0.3, 0.4) is 0 Å². The first-order chi connectivity index (χ1) is 9.45. The van der Waals surface area contributed by atoms with Crippen LogP contribution in [-0.4, -0.2) is 14.4 Å². The average Bonchev–Trinajstić information content (AvgIpc) is 2.39. The summed E-state index contributed by atoms with van der Waals surface area (Å²) in [5.41, 5.74) is 1.73. The van der Waals surface area contributed by atoms with Crippen LogP contribution in [0.25, 0.3) is 0 Å². The molecule has 0 amide bonds. The molecule has 0 saturated carbocycles. The largest absolute Gasteiger partial charge is 0.508 e. The van der Waals surface area contributed by atoms with Crippen molar-refractivity contribution in [2.75, 3.05) is 4.72 Å². The molecule has 106 valence electrons. The van der Waals surface area contributed by atoms with Gasteiger partial charge in [0.1, 0.15) is 17.2 Å². The van der Waals surface area contributed by atoms with Gasteiger partial charge in [-0.15, -0.1) is 0 Å². The molecular weight excluding hydrogens is 278 g/mol. The lowest BCUT2D eigenvalue weighted by Crippen LogP contribution is -2.11. The van der Waals surface area contributed by atoms with Crippen LogP contribution in [0.4, 0.5) is 5.69 Å². The Morgan fingerprint density at radius 1 is 1.05 bits per heavy atom. The molecule has 6 heteroatoms. The molecule has 0 aliphatic rings. The topological polar surface area (TPSA) is 78.8 Å². The number of phenols is 2. The van der Waals surface area contributed by atoms with Gasteiger partial charge in [0.2, 0.25) is 0 Å². The fraction of sp³-hybridized carbons (Fsp3) is 0.143. The number of rotatable bonds is 4. The Morgan fingerprint density at radius 3 is 2.35 bits per heavy atom. The normalized spacial score (nSPS) is 11.9. The minimum atomic E-state index is -1.87. The van der Waals surface area contributed by atoms with E-state index < -0.39 is 11.3 Å². The van der Waals surface area contributed by atoms with Crippen LogP contribution >= 0.6 is 0 Å². The highest BCUT2D eigenvalue weighted by Gasteiger charge is 2.10. The number of aryl methyl sites for hydroxylation is 2. The van der Waals surface area contributed by atoms with E-state index >= 15 is 0 Å². The number of phenolic OH excluding ortho intramolecular Hbond substituents is 2. The molecule has 0 radical (unpaired) electrons. The van der Waals surface area contributed by atoms with Crippen molar-refractivity contribution < 1.29 is 18.6 Å². The molecule has 20 heavy (non-hydrogen) atoms. The van der Waals surface area contributed by atoms with Gasteiger partial charge >= 0.3 is 11.3 Å². The molecule has 1 atom stereocenters. The van der Waals surface area contributed by atoms with Gasteiger partial charge < -0.3 is 14.4 Å². The molecule has 0 fully saturated rings. The maximum atomic E-state index is 11.8. The second kappa shape index (κ2) is 5.83. The minimum absolute atomic E-state index is 0.00219. The van der Waals surface area contributed by atoms with Gasteiger partial charge in [-0.3, -0.25) is 4.72 Å². The summed E-state index contributed by atoms with van der Waals surface area (Å²) in [7, 11) is 0. The van der Waals surface area contributed by atoms with Gasteiger partial charge in [0.25, 0.3) is 0 Å². The van der Waals surface area contributed by atoms with Crippen molar-refractivity contribution in [3.05, 3.63) is 47.5 Å². The molecule has 0 aliphatic heterocycles. The molecule has 0 spiro atoms. The van der Waals surface area contributed by atoms with Gasteiger partial charge in [-0.1, -0.05) is 17.7 Å². The number of hydrogen-bond donors (Lipinski definition) is 3. The zero-order valence-corrected chi connectivity index (χ0v) is 11.9. The van der Waals surface area contributed by atoms with E-state index in [0.29, 0.717) is 11.3 Å². The molecule has 0 saturated heterocycles. The summed E-state index contributed by atoms with van der Waals surface area (Å²) in [6.45, 7) is 3.59. The average molecular weight is 293 g/mol. The summed E-state index contributed by atoms with van der Waals surface area (Å²) in [4.78, 5) is 0. The lowest BCUT2D eigenvalue weighted by atomic mass is 10.2.